The van der Waals surface area contributed by atoms with Crippen molar-refractivity contribution in [3.05, 3.63) is 53.6 Å². The number of nitrogens with zero attached hydrogens (tertiary/aromatic N) is 1. The summed E-state index contributed by atoms with van der Waals surface area (Å²) in [6.07, 6.45) is 2.33. The third kappa shape index (κ3) is 3.50. The molecule has 2 amide bonds. The van der Waals surface area contributed by atoms with Gasteiger partial charge in [-0.2, -0.15) is 0 Å². The van der Waals surface area contributed by atoms with E-state index >= 15 is 0 Å². The van der Waals surface area contributed by atoms with Gasteiger partial charge in [0.2, 0.25) is 5.91 Å². The Morgan fingerprint density at radius 3 is 2.76 bits per heavy atom. The number of amides is 2. The van der Waals surface area contributed by atoms with Crippen molar-refractivity contribution in [1.29, 1.82) is 0 Å². The molecule has 2 aromatic carbocycles. The van der Waals surface area contributed by atoms with Crippen molar-refractivity contribution in [2.75, 3.05) is 23.9 Å². The van der Waals surface area contributed by atoms with Gasteiger partial charge in [0.05, 0.1) is 12.7 Å². The minimum atomic E-state index is -0.213. The number of aryl methyl sites for hydroxylation is 1. The quantitative estimate of drug-likeness (QED) is 0.926. The summed E-state index contributed by atoms with van der Waals surface area (Å²) in [5.74, 6) is 0.458. The van der Waals surface area contributed by atoms with Gasteiger partial charge in [0, 0.05) is 24.3 Å². The molecule has 0 atom stereocenters. The lowest BCUT2D eigenvalue weighted by atomic mass is 10.0. The highest BCUT2D eigenvalue weighted by Gasteiger charge is 2.22. The van der Waals surface area contributed by atoms with Crippen LogP contribution in [0.15, 0.2) is 42.5 Å². The van der Waals surface area contributed by atoms with Crippen molar-refractivity contribution in [2.45, 2.75) is 26.2 Å². The number of rotatable bonds is 4. The van der Waals surface area contributed by atoms with E-state index in [0.717, 1.165) is 36.3 Å². The van der Waals surface area contributed by atoms with Gasteiger partial charge in [-0.3, -0.25) is 9.59 Å². The van der Waals surface area contributed by atoms with Crippen LogP contribution in [0, 0.1) is 0 Å². The van der Waals surface area contributed by atoms with E-state index in [0.29, 0.717) is 17.7 Å². The maximum atomic E-state index is 12.5. The van der Waals surface area contributed by atoms with E-state index in [4.69, 9.17) is 4.74 Å². The molecule has 5 heteroatoms. The van der Waals surface area contributed by atoms with Crippen LogP contribution in [0.2, 0.25) is 0 Å². The molecule has 130 valence electrons. The van der Waals surface area contributed by atoms with Crippen molar-refractivity contribution < 1.29 is 14.3 Å². The number of anilines is 2. The van der Waals surface area contributed by atoms with Gasteiger partial charge in [-0.15, -0.1) is 0 Å². The maximum Gasteiger partial charge on any atom is 0.259 e. The highest BCUT2D eigenvalue weighted by molar-refractivity contribution is 6.06. The van der Waals surface area contributed by atoms with Crippen molar-refractivity contribution in [2.24, 2.45) is 0 Å². The van der Waals surface area contributed by atoms with Crippen molar-refractivity contribution in [1.82, 2.24) is 0 Å². The first-order valence-corrected chi connectivity index (χ1v) is 8.51. The monoisotopic (exact) mass is 338 g/mol. The van der Waals surface area contributed by atoms with Gasteiger partial charge in [-0.05, 0) is 48.7 Å². The van der Waals surface area contributed by atoms with Gasteiger partial charge in [-0.25, -0.2) is 0 Å². The largest absolute Gasteiger partial charge is 0.496 e. The van der Waals surface area contributed by atoms with E-state index in [1.807, 2.05) is 36.1 Å². The first-order chi connectivity index (χ1) is 12.1. The number of carbonyl (C=O) groups excluding carboxylic acids is 2. The van der Waals surface area contributed by atoms with Crippen LogP contribution in [-0.4, -0.2) is 25.5 Å². The van der Waals surface area contributed by atoms with Crippen LogP contribution in [0.4, 0.5) is 11.4 Å². The summed E-state index contributed by atoms with van der Waals surface area (Å²) in [6.45, 7) is 2.63. The van der Waals surface area contributed by atoms with Crippen LogP contribution < -0.4 is 15.0 Å². The molecule has 0 unspecified atom stereocenters. The molecule has 2 aromatic rings. The van der Waals surface area contributed by atoms with Crippen LogP contribution in [-0.2, 0) is 11.2 Å². The van der Waals surface area contributed by atoms with E-state index < -0.39 is 0 Å². The molecule has 1 N–H and O–H groups in total. The molecule has 0 bridgehead atoms. The third-order valence-electron chi connectivity index (χ3n) is 4.41. The molecule has 25 heavy (non-hydrogen) atoms. The van der Waals surface area contributed by atoms with E-state index in [2.05, 4.69) is 5.32 Å². The average Bonchev–Trinajstić information content (AvgIpc) is 2.66. The smallest absolute Gasteiger partial charge is 0.259 e. The van der Waals surface area contributed by atoms with Crippen LogP contribution in [0.3, 0.4) is 0 Å². The number of fused-ring (bicyclic) bond motifs is 1. The zero-order valence-corrected chi connectivity index (χ0v) is 14.5. The number of hydrogen-bond donors (Lipinski definition) is 1. The van der Waals surface area contributed by atoms with Gasteiger partial charge in [-0.1, -0.05) is 19.1 Å². The van der Waals surface area contributed by atoms with Crippen molar-refractivity contribution in [3.63, 3.8) is 0 Å². The van der Waals surface area contributed by atoms with Gasteiger partial charge in [0.15, 0.2) is 0 Å². The molecular weight excluding hydrogens is 316 g/mol. The zero-order valence-electron chi connectivity index (χ0n) is 14.5. The highest BCUT2D eigenvalue weighted by atomic mass is 16.5. The summed E-state index contributed by atoms with van der Waals surface area (Å²) in [5, 5.41) is 2.92. The maximum absolute atomic E-state index is 12.5. The van der Waals surface area contributed by atoms with E-state index in [1.54, 1.807) is 25.3 Å². The summed E-state index contributed by atoms with van der Waals surface area (Å²) in [5.41, 5.74) is 3.25. The summed E-state index contributed by atoms with van der Waals surface area (Å²) < 4.78 is 5.24. The third-order valence-corrected chi connectivity index (χ3v) is 4.41. The summed E-state index contributed by atoms with van der Waals surface area (Å²) >= 11 is 0. The average molecular weight is 338 g/mol. The number of methoxy groups -OCH3 is 1. The molecule has 1 aliphatic rings. The topological polar surface area (TPSA) is 58.6 Å². The molecule has 0 spiro atoms. The standard InChI is InChI=1S/C20H22N2O3/c1-3-19(23)22-12-6-7-14-13-15(10-11-17(14)22)21-20(24)16-8-4-5-9-18(16)25-2/h4-5,8-11,13H,3,6-7,12H2,1-2H3,(H,21,24). The van der Waals surface area contributed by atoms with E-state index in [-0.39, 0.29) is 11.8 Å². The Balaban J connectivity index is 1.83. The molecule has 0 radical (unpaired) electrons. The molecule has 1 heterocycles. The molecule has 0 fully saturated rings. The predicted molar refractivity (Wildman–Crippen MR) is 98.4 cm³/mol. The molecule has 0 aliphatic carbocycles. The second-order valence-corrected chi connectivity index (χ2v) is 6.00. The Morgan fingerprint density at radius 1 is 1.20 bits per heavy atom. The zero-order chi connectivity index (χ0) is 17.8. The minimum absolute atomic E-state index is 0.131. The summed E-state index contributed by atoms with van der Waals surface area (Å²) in [6, 6.07) is 12.8. The van der Waals surface area contributed by atoms with Gasteiger partial charge in [0.25, 0.3) is 5.91 Å². The normalized spacial score (nSPS) is 13.1. The minimum Gasteiger partial charge on any atom is -0.496 e. The van der Waals surface area contributed by atoms with Crippen LogP contribution >= 0.6 is 0 Å². The number of nitrogens with one attached hydrogen (secondary N) is 1. The Kier molecular flexibility index (Phi) is 5.03. The van der Waals surface area contributed by atoms with E-state index in [9.17, 15) is 9.59 Å². The fourth-order valence-electron chi connectivity index (χ4n) is 3.16. The second kappa shape index (κ2) is 7.38. The first-order valence-electron chi connectivity index (χ1n) is 8.51. The van der Waals surface area contributed by atoms with Gasteiger partial charge in [0.1, 0.15) is 5.75 Å². The lowest BCUT2D eigenvalue weighted by Gasteiger charge is -2.29. The fourth-order valence-corrected chi connectivity index (χ4v) is 3.16. The highest BCUT2D eigenvalue weighted by Crippen LogP contribution is 2.30. The van der Waals surface area contributed by atoms with Gasteiger partial charge >= 0.3 is 0 Å². The van der Waals surface area contributed by atoms with E-state index in [1.165, 1.54) is 0 Å². The number of ether oxygens (including phenoxy) is 1. The van der Waals surface area contributed by atoms with Gasteiger partial charge < -0.3 is 15.0 Å². The number of benzene rings is 2. The lowest BCUT2D eigenvalue weighted by molar-refractivity contribution is -0.118. The number of hydrogen-bond acceptors (Lipinski definition) is 3. The first kappa shape index (κ1) is 17.0. The molecule has 5 nitrogen and oxygen atoms in total. The van der Waals surface area contributed by atoms with Crippen molar-refractivity contribution in [3.8, 4) is 5.75 Å². The van der Waals surface area contributed by atoms with Crippen LogP contribution in [0.5, 0.6) is 5.75 Å². The molecule has 0 saturated heterocycles. The lowest BCUT2D eigenvalue weighted by Crippen LogP contribution is -2.34. The Morgan fingerprint density at radius 2 is 2.00 bits per heavy atom. The SMILES string of the molecule is CCC(=O)N1CCCc2cc(NC(=O)c3ccccc3OC)ccc21. The Labute approximate surface area is 147 Å². The fraction of sp³-hybridized carbons (Fsp3) is 0.300. The Hall–Kier alpha value is -2.82. The molecule has 3 rings (SSSR count). The van der Waals surface area contributed by atoms with Crippen LogP contribution in [0.25, 0.3) is 0 Å². The molecule has 0 saturated carbocycles. The second-order valence-electron chi connectivity index (χ2n) is 6.00. The molecule has 1 aliphatic heterocycles. The van der Waals surface area contributed by atoms with Crippen LogP contribution in [0.1, 0.15) is 35.7 Å². The number of para-hydroxylation sites is 1. The number of carbonyl (C=O) groups is 2. The van der Waals surface area contributed by atoms with Crippen molar-refractivity contribution >= 4 is 23.2 Å². The molecular formula is C20H22N2O3. The molecule has 0 aromatic heterocycles. The summed E-state index contributed by atoms with van der Waals surface area (Å²) in [7, 11) is 1.55. The summed E-state index contributed by atoms with van der Waals surface area (Å²) in [4.78, 5) is 26.5. The predicted octanol–water partition coefficient (Wildman–Crippen LogP) is 3.64. The Bertz CT molecular complexity index is 801.